The van der Waals surface area contributed by atoms with Crippen LogP contribution in [-0.2, 0) is 6.54 Å². The minimum absolute atomic E-state index is 0.0487. The summed E-state index contributed by atoms with van der Waals surface area (Å²) in [6, 6.07) is 21.2. The Morgan fingerprint density at radius 3 is 2.47 bits per heavy atom. The number of hydrogen-bond donors (Lipinski definition) is 2. The van der Waals surface area contributed by atoms with Gasteiger partial charge in [0.1, 0.15) is 17.1 Å². The molecular formula is C25H21N3O2. The van der Waals surface area contributed by atoms with E-state index < -0.39 is 0 Å². The van der Waals surface area contributed by atoms with Gasteiger partial charge in [-0.1, -0.05) is 42.5 Å². The Kier molecular flexibility index (Phi) is 4.17. The zero-order chi connectivity index (χ0) is 20.8. The van der Waals surface area contributed by atoms with Gasteiger partial charge in [-0.3, -0.25) is 4.79 Å². The molecule has 0 atom stereocenters. The van der Waals surface area contributed by atoms with Crippen LogP contribution in [0.25, 0.3) is 33.3 Å². The van der Waals surface area contributed by atoms with Crippen molar-refractivity contribution in [3.63, 3.8) is 0 Å². The Bertz CT molecular complexity index is 1420. The summed E-state index contributed by atoms with van der Waals surface area (Å²) in [6.07, 6.45) is 0. The molecule has 0 aliphatic carbocycles. The molecule has 30 heavy (non-hydrogen) atoms. The van der Waals surface area contributed by atoms with Gasteiger partial charge in [0.05, 0.1) is 23.1 Å². The van der Waals surface area contributed by atoms with Crippen LogP contribution in [0, 0.1) is 13.8 Å². The Hall–Kier alpha value is -3.86. The highest BCUT2D eigenvalue weighted by Crippen LogP contribution is 2.33. The standard InChI is InChI=1S/C25H21N3O2/c1-15-12-19-20(13-16(15)2)27-24(26-19)22-23(29)18-10-6-7-11-21(18)28(25(22)30)14-17-8-4-3-5-9-17/h3-13,29H,14H2,1-2H3,(H,26,27). The van der Waals surface area contributed by atoms with E-state index in [9.17, 15) is 9.90 Å². The van der Waals surface area contributed by atoms with Crippen molar-refractivity contribution < 1.29 is 5.11 Å². The maximum atomic E-state index is 13.6. The minimum Gasteiger partial charge on any atom is -0.506 e. The number of para-hydroxylation sites is 1. The van der Waals surface area contributed by atoms with Gasteiger partial charge in [0, 0.05) is 5.39 Å². The quantitative estimate of drug-likeness (QED) is 0.456. The lowest BCUT2D eigenvalue weighted by molar-refractivity contribution is 0.481. The average molecular weight is 395 g/mol. The molecule has 0 saturated carbocycles. The number of rotatable bonds is 3. The van der Waals surface area contributed by atoms with Gasteiger partial charge in [-0.15, -0.1) is 0 Å². The first-order chi connectivity index (χ1) is 14.5. The molecule has 3 aromatic carbocycles. The Morgan fingerprint density at radius 2 is 1.67 bits per heavy atom. The maximum absolute atomic E-state index is 13.6. The lowest BCUT2D eigenvalue weighted by atomic mass is 10.1. The monoisotopic (exact) mass is 395 g/mol. The molecule has 0 saturated heterocycles. The van der Waals surface area contributed by atoms with Gasteiger partial charge in [-0.2, -0.15) is 0 Å². The lowest BCUT2D eigenvalue weighted by Crippen LogP contribution is -2.23. The number of fused-ring (bicyclic) bond motifs is 2. The topological polar surface area (TPSA) is 70.9 Å². The number of aromatic nitrogens is 3. The van der Waals surface area contributed by atoms with E-state index in [1.807, 2.05) is 80.6 Å². The highest BCUT2D eigenvalue weighted by Gasteiger charge is 2.20. The molecule has 148 valence electrons. The molecule has 5 rings (SSSR count). The van der Waals surface area contributed by atoms with Crippen molar-refractivity contribution in [2.75, 3.05) is 0 Å². The summed E-state index contributed by atoms with van der Waals surface area (Å²) in [5.41, 5.74) is 5.50. The third-order valence-corrected chi connectivity index (χ3v) is 5.66. The van der Waals surface area contributed by atoms with Gasteiger partial charge in [-0.05, 0) is 54.8 Å². The van der Waals surface area contributed by atoms with Crippen LogP contribution in [0.2, 0.25) is 0 Å². The fourth-order valence-electron chi connectivity index (χ4n) is 3.91. The van der Waals surface area contributed by atoms with E-state index in [0.717, 1.165) is 27.7 Å². The second kappa shape index (κ2) is 6.88. The van der Waals surface area contributed by atoms with Crippen LogP contribution >= 0.6 is 0 Å². The van der Waals surface area contributed by atoms with Crippen molar-refractivity contribution in [2.45, 2.75) is 20.4 Å². The number of aryl methyl sites for hydroxylation is 2. The predicted molar refractivity (Wildman–Crippen MR) is 120 cm³/mol. The predicted octanol–water partition coefficient (Wildman–Crippen LogP) is 4.92. The number of hydrogen-bond acceptors (Lipinski definition) is 3. The first-order valence-electron chi connectivity index (χ1n) is 9.88. The molecule has 0 radical (unpaired) electrons. The van der Waals surface area contributed by atoms with Crippen LogP contribution in [0.3, 0.4) is 0 Å². The van der Waals surface area contributed by atoms with Crippen LogP contribution in [0.1, 0.15) is 16.7 Å². The molecule has 5 aromatic rings. The van der Waals surface area contributed by atoms with E-state index in [2.05, 4.69) is 9.97 Å². The van der Waals surface area contributed by atoms with Crippen molar-refractivity contribution in [1.82, 2.24) is 14.5 Å². The largest absolute Gasteiger partial charge is 0.506 e. The third-order valence-electron chi connectivity index (χ3n) is 5.66. The summed E-state index contributed by atoms with van der Waals surface area (Å²) < 4.78 is 1.70. The molecule has 0 fully saturated rings. The van der Waals surface area contributed by atoms with E-state index >= 15 is 0 Å². The van der Waals surface area contributed by atoms with Crippen molar-refractivity contribution in [3.8, 4) is 17.1 Å². The molecule has 2 N–H and O–H groups in total. The molecule has 0 spiro atoms. The van der Waals surface area contributed by atoms with Gasteiger partial charge in [0.15, 0.2) is 0 Å². The second-order valence-electron chi connectivity index (χ2n) is 7.66. The van der Waals surface area contributed by atoms with E-state index in [1.54, 1.807) is 4.57 Å². The van der Waals surface area contributed by atoms with Crippen LogP contribution in [-0.4, -0.2) is 19.6 Å². The summed E-state index contributed by atoms with van der Waals surface area (Å²) in [5.74, 6) is 0.331. The van der Waals surface area contributed by atoms with Crippen LogP contribution < -0.4 is 5.56 Å². The molecule has 0 bridgehead atoms. The highest BCUT2D eigenvalue weighted by molar-refractivity contribution is 5.92. The molecule has 0 amide bonds. The Labute approximate surface area is 173 Å². The van der Waals surface area contributed by atoms with Gasteiger partial charge in [0.2, 0.25) is 0 Å². The molecule has 5 nitrogen and oxygen atoms in total. The average Bonchev–Trinajstić information content (AvgIpc) is 3.14. The lowest BCUT2D eigenvalue weighted by Gasteiger charge is -2.14. The molecule has 2 aromatic heterocycles. The van der Waals surface area contributed by atoms with Crippen molar-refractivity contribution in [1.29, 1.82) is 0 Å². The number of aromatic hydroxyl groups is 1. The summed E-state index contributed by atoms with van der Waals surface area (Å²) in [7, 11) is 0. The van der Waals surface area contributed by atoms with Gasteiger partial charge < -0.3 is 14.7 Å². The van der Waals surface area contributed by atoms with E-state index in [-0.39, 0.29) is 16.9 Å². The van der Waals surface area contributed by atoms with Gasteiger partial charge >= 0.3 is 0 Å². The van der Waals surface area contributed by atoms with E-state index in [4.69, 9.17) is 0 Å². The van der Waals surface area contributed by atoms with Crippen molar-refractivity contribution in [2.24, 2.45) is 0 Å². The molecule has 0 unspecified atom stereocenters. The SMILES string of the molecule is Cc1cc2nc(-c3c(O)c4ccccc4n(Cc4ccccc4)c3=O)[nH]c2cc1C. The first-order valence-corrected chi connectivity index (χ1v) is 9.88. The van der Waals surface area contributed by atoms with E-state index in [0.29, 0.717) is 23.3 Å². The zero-order valence-electron chi connectivity index (χ0n) is 16.8. The Balaban J connectivity index is 1.79. The fourth-order valence-corrected chi connectivity index (χ4v) is 3.91. The first kappa shape index (κ1) is 18.2. The number of H-pyrrole nitrogens is 1. The molecule has 0 aliphatic rings. The van der Waals surface area contributed by atoms with Crippen LogP contribution in [0.5, 0.6) is 5.75 Å². The summed E-state index contributed by atoms with van der Waals surface area (Å²) >= 11 is 0. The normalized spacial score (nSPS) is 11.4. The second-order valence-corrected chi connectivity index (χ2v) is 7.66. The number of pyridine rings is 1. The molecule has 0 aliphatic heterocycles. The summed E-state index contributed by atoms with van der Waals surface area (Å²) in [5, 5.41) is 11.7. The Morgan fingerprint density at radius 1 is 0.967 bits per heavy atom. The number of aromatic amines is 1. The molecule has 2 heterocycles. The summed E-state index contributed by atoms with van der Waals surface area (Å²) in [6.45, 7) is 4.48. The van der Waals surface area contributed by atoms with Crippen LogP contribution in [0.4, 0.5) is 0 Å². The maximum Gasteiger partial charge on any atom is 0.266 e. The highest BCUT2D eigenvalue weighted by atomic mass is 16.3. The number of imidazole rings is 1. The van der Waals surface area contributed by atoms with Gasteiger partial charge in [0.25, 0.3) is 5.56 Å². The summed E-state index contributed by atoms with van der Waals surface area (Å²) in [4.78, 5) is 21.4. The number of nitrogens with one attached hydrogen (secondary N) is 1. The van der Waals surface area contributed by atoms with Crippen molar-refractivity contribution in [3.05, 3.63) is 93.8 Å². The smallest absolute Gasteiger partial charge is 0.266 e. The fraction of sp³-hybridized carbons (Fsp3) is 0.120. The molecule has 5 heteroatoms. The van der Waals surface area contributed by atoms with Crippen LogP contribution in [0.15, 0.2) is 71.5 Å². The van der Waals surface area contributed by atoms with Crippen molar-refractivity contribution >= 4 is 21.9 Å². The van der Waals surface area contributed by atoms with Gasteiger partial charge in [-0.25, -0.2) is 4.98 Å². The number of nitrogens with zero attached hydrogens (tertiary/aromatic N) is 2. The minimum atomic E-state index is -0.275. The zero-order valence-corrected chi connectivity index (χ0v) is 16.8. The third kappa shape index (κ3) is 2.87. The number of benzene rings is 3. The molecular weight excluding hydrogens is 374 g/mol. The van der Waals surface area contributed by atoms with E-state index in [1.165, 1.54) is 0 Å².